The fraction of sp³-hybridized carbons (Fsp3) is 0.412. The molecule has 128 valence electrons. The molecule has 24 heavy (non-hydrogen) atoms. The van der Waals surface area contributed by atoms with Crippen LogP contribution in [0.5, 0.6) is 0 Å². The maximum absolute atomic E-state index is 12.6. The van der Waals surface area contributed by atoms with Gasteiger partial charge >= 0.3 is 0 Å². The Labute approximate surface area is 151 Å². The summed E-state index contributed by atoms with van der Waals surface area (Å²) in [5.74, 6) is 0.813. The molecule has 2 heterocycles. The molecule has 2 aromatic rings. The highest BCUT2D eigenvalue weighted by Crippen LogP contribution is 2.23. The van der Waals surface area contributed by atoms with Gasteiger partial charge in [-0.15, -0.1) is 0 Å². The first-order valence-electron chi connectivity index (χ1n) is 7.84. The van der Waals surface area contributed by atoms with Crippen molar-refractivity contribution in [1.29, 1.82) is 0 Å². The van der Waals surface area contributed by atoms with Crippen LogP contribution in [0.4, 0.5) is 0 Å². The molecule has 0 bridgehead atoms. The standard InChI is InChI=1S/C17H19Cl2N3O2/c1-11-15(12(2)24-20-11)10-21-5-7-22(8-6-21)17(23)14-4-3-13(18)9-16(14)19/h3-4,9H,5-8,10H2,1-2H3. The third kappa shape index (κ3) is 3.58. The van der Waals surface area contributed by atoms with E-state index in [1.54, 1.807) is 18.2 Å². The summed E-state index contributed by atoms with van der Waals surface area (Å²) in [5, 5.41) is 4.91. The Morgan fingerprint density at radius 1 is 1.21 bits per heavy atom. The van der Waals surface area contributed by atoms with Crippen LogP contribution in [0, 0.1) is 13.8 Å². The lowest BCUT2D eigenvalue weighted by molar-refractivity contribution is 0.0628. The van der Waals surface area contributed by atoms with E-state index in [4.69, 9.17) is 27.7 Å². The quantitative estimate of drug-likeness (QED) is 0.831. The second-order valence-corrected chi connectivity index (χ2v) is 6.84. The Morgan fingerprint density at radius 3 is 2.50 bits per heavy atom. The Hall–Kier alpha value is -1.56. The number of amides is 1. The number of halogens is 2. The zero-order chi connectivity index (χ0) is 17.3. The summed E-state index contributed by atoms with van der Waals surface area (Å²) in [4.78, 5) is 16.8. The van der Waals surface area contributed by atoms with E-state index in [-0.39, 0.29) is 5.91 Å². The molecule has 1 aromatic heterocycles. The molecule has 3 rings (SSSR count). The van der Waals surface area contributed by atoms with Crippen LogP contribution >= 0.6 is 23.2 Å². The molecule has 1 fully saturated rings. The van der Waals surface area contributed by atoms with Gasteiger partial charge in [-0.1, -0.05) is 28.4 Å². The van der Waals surface area contributed by atoms with Gasteiger partial charge in [-0.05, 0) is 32.0 Å². The molecule has 1 aliphatic rings. The van der Waals surface area contributed by atoms with E-state index in [1.165, 1.54) is 0 Å². The summed E-state index contributed by atoms with van der Waals surface area (Å²) in [6, 6.07) is 4.97. The molecular formula is C17H19Cl2N3O2. The largest absolute Gasteiger partial charge is 0.361 e. The van der Waals surface area contributed by atoms with Gasteiger partial charge in [0.25, 0.3) is 5.91 Å². The second kappa shape index (κ2) is 7.13. The van der Waals surface area contributed by atoms with E-state index in [0.717, 1.165) is 36.7 Å². The lowest BCUT2D eigenvalue weighted by atomic mass is 10.1. The van der Waals surface area contributed by atoms with Crippen LogP contribution in [0.2, 0.25) is 10.0 Å². The molecule has 1 saturated heterocycles. The number of carbonyl (C=O) groups is 1. The Morgan fingerprint density at radius 2 is 1.92 bits per heavy atom. The number of hydrogen-bond donors (Lipinski definition) is 0. The Kier molecular flexibility index (Phi) is 5.13. The number of benzene rings is 1. The van der Waals surface area contributed by atoms with Gasteiger partial charge < -0.3 is 9.42 Å². The summed E-state index contributed by atoms with van der Waals surface area (Å²) in [7, 11) is 0. The molecule has 0 atom stereocenters. The van der Waals surface area contributed by atoms with Crippen molar-refractivity contribution in [3.63, 3.8) is 0 Å². The predicted octanol–water partition coefficient (Wildman–Crippen LogP) is 3.56. The maximum Gasteiger partial charge on any atom is 0.255 e. The van der Waals surface area contributed by atoms with Crippen molar-refractivity contribution < 1.29 is 9.32 Å². The lowest BCUT2D eigenvalue weighted by Crippen LogP contribution is -2.48. The van der Waals surface area contributed by atoms with Crippen molar-refractivity contribution in [3.05, 3.63) is 50.8 Å². The Bertz CT molecular complexity index is 733. The van der Waals surface area contributed by atoms with Crippen LogP contribution in [0.25, 0.3) is 0 Å². The van der Waals surface area contributed by atoms with Crippen molar-refractivity contribution in [2.75, 3.05) is 26.2 Å². The van der Waals surface area contributed by atoms with Gasteiger partial charge in [0.15, 0.2) is 0 Å². The van der Waals surface area contributed by atoms with Crippen LogP contribution in [-0.2, 0) is 6.54 Å². The first-order chi connectivity index (χ1) is 11.5. The number of carbonyl (C=O) groups excluding carboxylic acids is 1. The molecule has 0 spiro atoms. The lowest BCUT2D eigenvalue weighted by Gasteiger charge is -2.34. The minimum Gasteiger partial charge on any atom is -0.361 e. The molecule has 5 nitrogen and oxygen atoms in total. The number of aromatic nitrogens is 1. The smallest absolute Gasteiger partial charge is 0.255 e. The summed E-state index contributed by atoms with van der Waals surface area (Å²) in [5.41, 5.74) is 2.56. The monoisotopic (exact) mass is 367 g/mol. The predicted molar refractivity (Wildman–Crippen MR) is 93.6 cm³/mol. The zero-order valence-electron chi connectivity index (χ0n) is 13.7. The van der Waals surface area contributed by atoms with Gasteiger partial charge in [-0.25, -0.2) is 0 Å². The fourth-order valence-corrected chi connectivity index (χ4v) is 3.38. The molecule has 7 heteroatoms. The molecule has 1 amide bonds. The van der Waals surface area contributed by atoms with Crippen LogP contribution in [0.3, 0.4) is 0 Å². The molecule has 0 radical (unpaired) electrons. The number of piperazine rings is 1. The van der Waals surface area contributed by atoms with Crippen molar-refractivity contribution in [2.45, 2.75) is 20.4 Å². The molecule has 1 aromatic carbocycles. The number of rotatable bonds is 3. The highest BCUT2D eigenvalue weighted by molar-refractivity contribution is 6.36. The van der Waals surface area contributed by atoms with Crippen molar-refractivity contribution in [2.24, 2.45) is 0 Å². The topological polar surface area (TPSA) is 49.6 Å². The van der Waals surface area contributed by atoms with Crippen LogP contribution in [-0.4, -0.2) is 47.0 Å². The minimum atomic E-state index is -0.0475. The zero-order valence-corrected chi connectivity index (χ0v) is 15.2. The molecule has 1 aliphatic heterocycles. The molecule has 0 aliphatic carbocycles. The number of aryl methyl sites for hydroxylation is 2. The summed E-state index contributed by atoms with van der Waals surface area (Å²) in [6.07, 6.45) is 0. The van der Waals surface area contributed by atoms with Gasteiger partial charge in [-0.2, -0.15) is 0 Å². The van der Waals surface area contributed by atoms with Gasteiger partial charge in [-0.3, -0.25) is 9.69 Å². The molecule has 0 unspecified atom stereocenters. The second-order valence-electron chi connectivity index (χ2n) is 6.00. The summed E-state index contributed by atoms with van der Waals surface area (Å²) >= 11 is 12.0. The highest BCUT2D eigenvalue weighted by Gasteiger charge is 2.24. The van der Waals surface area contributed by atoms with Gasteiger partial charge in [0.05, 0.1) is 16.3 Å². The van der Waals surface area contributed by atoms with E-state index in [1.807, 2.05) is 18.7 Å². The third-order valence-corrected chi connectivity index (χ3v) is 4.93. The van der Waals surface area contributed by atoms with Crippen molar-refractivity contribution in [1.82, 2.24) is 15.0 Å². The van der Waals surface area contributed by atoms with E-state index in [9.17, 15) is 4.79 Å². The third-order valence-electron chi connectivity index (χ3n) is 4.38. The van der Waals surface area contributed by atoms with E-state index in [2.05, 4.69) is 10.1 Å². The average molecular weight is 368 g/mol. The molecule has 0 saturated carbocycles. The molecule has 0 N–H and O–H groups in total. The number of hydrogen-bond acceptors (Lipinski definition) is 4. The van der Waals surface area contributed by atoms with E-state index >= 15 is 0 Å². The van der Waals surface area contributed by atoms with Gasteiger partial charge in [0.2, 0.25) is 0 Å². The van der Waals surface area contributed by atoms with Crippen LogP contribution in [0.15, 0.2) is 22.7 Å². The maximum atomic E-state index is 12.6. The summed E-state index contributed by atoms with van der Waals surface area (Å²) < 4.78 is 5.21. The fourth-order valence-electron chi connectivity index (χ4n) is 2.89. The molecular weight excluding hydrogens is 349 g/mol. The SMILES string of the molecule is Cc1noc(C)c1CN1CCN(C(=O)c2ccc(Cl)cc2Cl)CC1. The summed E-state index contributed by atoms with van der Waals surface area (Å²) in [6.45, 7) is 7.63. The van der Waals surface area contributed by atoms with Gasteiger partial charge in [0.1, 0.15) is 5.76 Å². The van der Waals surface area contributed by atoms with Crippen molar-refractivity contribution >= 4 is 29.1 Å². The minimum absolute atomic E-state index is 0.0475. The van der Waals surface area contributed by atoms with E-state index in [0.29, 0.717) is 28.7 Å². The first-order valence-corrected chi connectivity index (χ1v) is 8.59. The van der Waals surface area contributed by atoms with Crippen LogP contribution in [0.1, 0.15) is 27.4 Å². The number of nitrogens with zero attached hydrogens (tertiary/aromatic N) is 3. The normalized spacial score (nSPS) is 15.8. The van der Waals surface area contributed by atoms with Crippen molar-refractivity contribution in [3.8, 4) is 0 Å². The highest BCUT2D eigenvalue weighted by atomic mass is 35.5. The first kappa shape index (κ1) is 17.3. The van der Waals surface area contributed by atoms with Crippen LogP contribution < -0.4 is 0 Å². The average Bonchev–Trinajstić information content (AvgIpc) is 2.87. The Balaban J connectivity index is 1.61. The van der Waals surface area contributed by atoms with Gasteiger partial charge in [0, 0.05) is 43.3 Å². The van der Waals surface area contributed by atoms with E-state index < -0.39 is 0 Å².